The largest absolute Gasteiger partial charge is 0.393 e. The van der Waals surface area contributed by atoms with Gasteiger partial charge < -0.3 is 10.2 Å². The van der Waals surface area contributed by atoms with Crippen LogP contribution in [0.25, 0.3) is 0 Å². The van der Waals surface area contributed by atoms with Crippen LogP contribution in [0, 0.1) is 0 Å². The summed E-state index contributed by atoms with van der Waals surface area (Å²) in [7, 11) is 0. The molecule has 1 aliphatic heterocycles. The molecule has 3 heteroatoms. The van der Waals surface area contributed by atoms with Crippen molar-refractivity contribution < 1.29 is 10.2 Å². The SMILES string of the molecule is CC1(O)CCCN(C2CCC(O)CC2)C1. The molecule has 2 rings (SSSR count). The van der Waals surface area contributed by atoms with Gasteiger partial charge in [-0.2, -0.15) is 0 Å². The van der Waals surface area contributed by atoms with Gasteiger partial charge in [-0.1, -0.05) is 0 Å². The summed E-state index contributed by atoms with van der Waals surface area (Å²) in [4.78, 5) is 2.43. The standard InChI is InChI=1S/C12H23NO2/c1-12(15)7-2-8-13(9-12)10-3-5-11(14)6-4-10/h10-11,14-15H,2-9H2,1H3. The third kappa shape index (κ3) is 2.92. The topological polar surface area (TPSA) is 43.7 Å². The summed E-state index contributed by atoms with van der Waals surface area (Å²) in [5.74, 6) is 0. The molecule has 0 bridgehead atoms. The number of aliphatic hydroxyl groups is 2. The minimum atomic E-state index is -0.492. The molecule has 1 heterocycles. The van der Waals surface area contributed by atoms with Crippen LogP contribution in [0.2, 0.25) is 0 Å². The van der Waals surface area contributed by atoms with Crippen LogP contribution in [0.1, 0.15) is 45.4 Å². The van der Waals surface area contributed by atoms with Crippen molar-refractivity contribution in [1.82, 2.24) is 4.90 Å². The van der Waals surface area contributed by atoms with Crippen molar-refractivity contribution in [1.29, 1.82) is 0 Å². The Labute approximate surface area is 92.1 Å². The van der Waals surface area contributed by atoms with Gasteiger partial charge in [-0.05, 0) is 52.0 Å². The molecule has 0 aromatic heterocycles. The van der Waals surface area contributed by atoms with Crippen molar-refractivity contribution >= 4 is 0 Å². The van der Waals surface area contributed by atoms with E-state index < -0.39 is 5.60 Å². The van der Waals surface area contributed by atoms with E-state index >= 15 is 0 Å². The molecule has 88 valence electrons. The Morgan fingerprint density at radius 2 is 1.87 bits per heavy atom. The Hall–Kier alpha value is -0.120. The zero-order chi connectivity index (χ0) is 10.9. The quantitative estimate of drug-likeness (QED) is 0.686. The Morgan fingerprint density at radius 1 is 1.20 bits per heavy atom. The van der Waals surface area contributed by atoms with Crippen LogP contribution in [0.15, 0.2) is 0 Å². The van der Waals surface area contributed by atoms with E-state index in [0.717, 1.165) is 51.6 Å². The first-order chi connectivity index (χ1) is 7.07. The lowest BCUT2D eigenvalue weighted by Crippen LogP contribution is -2.51. The molecule has 0 amide bonds. The van der Waals surface area contributed by atoms with Gasteiger partial charge in [0.05, 0.1) is 11.7 Å². The molecule has 1 unspecified atom stereocenters. The van der Waals surface area contributed by atoms with Crippen LogP contribution < -0.4 is 0 Å². The summed E-state index contributed by atoms with van der Waals surface area (Å²) in [6.45, 7) is 3.88. The normalized spacial score (nSPS) is 44.2. The van der Waals surface area contributed by atoms with Gasteiger partial charge in [-0.3, -0.25) is 4.90 Å². The lowest BCUT2D eigenvalue weighted by Gasteiger charge is -2.43. The molecule has 0 aromatic rings. The minimum Gasteiger partial charge on any atom is -0.393 e. The molecule has 2 aliphatic rings. The molecule has 1 saturated carbocycles. The number of likely N-dealkylation sites (tertiary alicyclic amines) is 1. The number of aliphatic hydroxyl groups excluding tert-OH is 1. The molecular weight excluding hydrogens is 190 g/mol. The maximum atomic E-state index is 10.0. The van der Waals surface area contributed by atoms with Crippen molar-refractivity contribution in [2.24, 2.45) is 0 Å². The van der Waals surface area contributed by atoms with Crippen LogP contribution in [0.3, 0.4) is 0 Å². The van der Waals surface area contributed by atoms with Gasteiger partial charge in [0.1, 0.15) is 0 Å². The second kappa shape index (κ2) is 4.40. The van der Waals surface area contributed by atoms with Gasteiger partial charge in [0.25, 0.3) is 0 Å². The summed E-state index contributed by atoms with van der Waals surface area (Å²) < 4.78 is 0. The maximum absolute atomic E-state index is 10.0. The van der Waals surface area contributed by atoms with Crippen molar-refractivity contribution in [3.63, 3.8) is 0 Å². The first-order valence-electron chi connectivity index (χ1n) is 6.21. The zero-order valence-electron chi connectivity index (χ0n) is 9.65. The van der Waals surface area contributed by atoms with Crippen LogP contribution in [-0.4, -0.2) is 45.9 Å². The highest BCUT2D eigenvalue weighted by molar-refractivity contribution is 4.88. The van der Waals surface area contributed by atoms with E-state index in [9.17, 15) is 10.2 Å². The molecule has 2 fully saturated rings. The second-order valence-electron chi connectivity index (χ2n) is 5.53. The molecule has 3 nitrogen and oxygen atoms in total. The highest BCUT2D eigenvalue weighted by Gasteiger charge is 2.33. The summed E-state index contributed by atoms with van der Waals surface area (Å²) >= 11 is 0. The van der Waals surface area contributed by atoms with Crippen LogP contribution in [-0.2, 0) is 0 Å². The fraction of sp³-hybridized carbons (Fsp3) is 1.00. The van der Waals surface area contributed by atoms with Crippen molar-refractivity contribution in [2.45, 2.75) is 63.2 Å². The minimum absolute atomic E-state index is 0.0773. The van der Waals surface area contributed by atoms with Crippen LogP contribution >= 0.6 is 0 Å². The molecule has 1 saturated heterocycles. The Morgan fingerprint density at radius 3 is 2.47 bits per heavy atom. The molecule has 0 radical (unpaired) electrons. The predicted octanol–water partition coefficient (Wildman–Crippen LogP) is 1.14. The zero-order valence-corrected chi connectivity index (χ0v) is 9.65. The average Bonchev–Trinajstić information content (AvgIpc) is 2.17. The summed E-state index contributed by atoms with van der Waals surface area (Å²) in [5, 5.41) is 19.5. The molecule has 0 aromatic carbocycles. The monoisotopic (exact) mass is 213 g/mol. The molecule has 1 atom stereocenters. The van der Waals surface area contributed by atoms with Gasteiger partial charge in [0, 0.05) is 12.6 Å². The smallest absolute Gasteiger partial charge is 0.0746 e. The lowest BCUT2D eigenvalue weighted by molar-refractivity contribution is -0.0408. The van der Waals surface area contributed by atoms with Crippen molar-refractivity contribution in [3.8, 4) is 0 Å². The summed E-state index contributed by atoms with van der Waals surface area (Å²) in [6.07, 6.45) is 6.01. The van der Waals surface area contributed by atoms with E-state index in [1.807, 2.05) is 6.92 Å². The molecule has 2 N–H and O–H groups in total. The Balaban J connectivity index is 1.88. The van der Waals surface area contributed by atoms with E-state index in [-0.39, 0.29) is 6.10 Å². The van der Waals surface area contributed by atoms with E-state index in [0.29, 0.717) is 6.04 Å². The lowest BCUT2D eigenvalue weighted by atomic mass is 9.88. The highest BCUT2D eigenvalue weighted by atomic mass is 16.3. The summed E-state index contributed by atoms with van der Waals surface area (Å²) in [5.41, 5.74) is -0.492. The maximum Gasteiger partial charge on any atom is 0.0746 e. The first-order valence-corrected chi connectivity index (χ1v) is 6.21. The number of β-amino-alcohol motifs (C(OH)–C–C–N with tert-alkyl or cyclic N) is 1. The van der Waals surface area contributed by atoms with E-state index in [1.54, 1.807) is 0 Å². The van der Waals surface area contributed by atoms with E-state index in [2.05, 4.69) is 4.90 Å². The molecule has 15 heavy (non-hydrogen) atoms. The molecule has 1 aliphatic carbocycles. The Kier molecular flexibility index (Phi) is 3.33. The van der Waals surface area contributed by atoms with Gasteiger partial charge in [-0.25, -0.2) is 0 Å². The van der Waals surface area contributed by atoms with Crippen molar-refractivity contribution in [2.75, 3.05) is 13.1 Å². The van der Waals surface area contributed by atoms with Crippen LogP contribution in [0.5, 0.6) is 0 Å². The van der Waals surface area contributed by atoms with Gasteiger partial charge in [0.15, 0.2) is 0 Å². The van der Waals surface area contributed by atoms with Crippen molar-refractivity contribution in [3.05, 3.63) is 0 Å². The number of nitrogens with zero attached hydrogens (tertiary/aromatic N) is 1. The average molecular weight is 213 g/mol. The van der Waals surface area contributed by atoms with E-state index in [4.69, 9.17) is 0 Å². The fourth-order valence-corrected chi connectivity index (χ4v) is 2.99. The van der Waals surface area contributed by atoms with Gasteiger partial charge >= 0.3 is 0 Å². The summed E-state index contributed by atoms with van der Waals surface area (Å²) in [6, 6.07) is 0.597. The third-order valence-electron chi connectivity index (χ3n) is 3.89. The number of rotatable bonds is 1. The van der Waals surface area contributed by atoms with Crippen LogP contribution in [0.4, 0.5) is 0 Å². The number of piperidine rings is 1. The van der Waals surface area contributed by atoms with E-state index in [1.165, 1.54) is 0 Å². The van der Waals surface area contributed by atoms with Gasteiger partial charge in [0.2, 0.25) is 0 Å². The number of hydrogen-bond donors (Lipinski definition) is 2. The van der Waals surface area contributed by atoms with Gasteiger partial charge in [-0.15, -0.1) is 0 Å². The second-order valence-corrected chi connectivity index (χ2v) is 5.53. The first kappa shape index (κ1) is 11.4. The number of hydrogen-bond acceptors (Lipinski definition) is 3. The predicted molar refractivity (Wildman–Crippen MR) is 59.7 cm³/mol. The Bertz CT molecular complexity index is 210. The highest BCUT2D eigenvalue weighted by Crippen LogP contribution is 2.28. The third-order valence-corrected chi connectivity index (χ3v) is 3.89. The molecule has 0 spiro atoms. The molecular formula is C12H23NO2. The fourth-order valence-electron chi connectivity index (χ4n) is 2.99.